The van der Waals surface area contributed by atoms with Gasteiger partial charge in [0.1, 0.15) is 11.7 Å². The molecule has 0 aromatic heterocycles. The molecule has 5 heteroatoms. The van der Waals surface area contributed by atoms with E-state index in [1.165, 1.54) is 7.11 Å². The standard InChI is InChI=1S/C14H17NO4/c1-8-11(9-4-6-10(18-2)7-5-9)12(13(16)15-8)14(17)19-3/h4-8,11-12H,1-3H3,(H,15,16)/t8-,11-,12-/m0/s1. The SMILES string of the molecule is COC(=O)[C@@H]1C(=O)N[C@@H](C)[C@H]1c1ccc(OC)cc1. The molecule has 0 saturated carbocycles. The number of hydrogen-bond acceptors (Lipinski definition) is 4. The zero-order valence-electron chi connectivity index (χ0n) is 11.2. The lowest BCUT2D eigenvalue weighted by molar-refractivity contribution is -0.149. The number of nitrogens with one attached hydrogen (secondary N) is 1. The number of amides is 1. The molecule has 1 aromatic rings. The third kappa shape index (κ3) is 2.41. The van der Waals surface area contributed by atoms with Gasteiger partial charge in [-0.05, 0) is 24.6 Å². The van der Waals surface area contributed by atoms with Crippen molar-refractivity contribution in [1.29, 1.82) is 0 Å². The van der Waals surface area contributed by atoms with E-state index in [4.69, 9.17) is 9.47 Å². The molecule has 0 bridgehead atoms. The lowest BCUT2D eigenvalue weighted by Crippen LogP contribution is -2.28. The topological polar surface area (TPSA) is 64.6 Å². The highest BCUT2D eigenvalue weighted by molar-refractivity contribution is 6.01. The fourth-order valence-corrected chi connectivity index (χ4v) is 2.54. The fourth-order valence-electron chi connectivity index (χ4n) is 2.54. The van der Waals surface area contributed by atoms with Crippen LogP contribution in [0.15, 0.2) is 24.3 Å². The van der Waals surface area contributed by atoms with Crippen molar-refractivity contribution in [2.24, 2.45) is 5.92 Å². The maximum Gasteiger partial charge on any atom is 0.318 e. The Hall–Kier alpha value is -2.04. The molecule has 3 atom stereocenters. The summed E-state index contributed by atoms with van der Waals surface area (Å²) in [5.41, 5.74) is 0.919. The molecule has 1 heterocycles. The molecule has 1 fully saturated rings. The molecule has 19 heavy (non-hydrogen) atoms. The Morgan fingerprint density at radius 2 is 1.84 bits per heavy atom. The maximum atomic E-state index is 11.9. The Labute approximate surface area is 111 Å². The average Bonchev–Trinajstić information content (AvgIpc) is 2.72. The number of hydrogen-bond donors (Lipinski definition) is 1. The van der Waals surface area contributed by atoms with Gasteiger partial charge in [-0.1, -0.05) is 12.1 Å². The van der Waals surface area contributed by atoms with Gasteiger partial charge in [-0.25, -0.2) is 0 Å². The van der Waals surface area contributed by atoms with Crippen LogP contribution in [0.2, 0.25) is 0 Å². The van der Waals surface area contributed by atoms with Gasteiger partial charge in [-0.15, -0.1) is 0 Å². The van der Waals surface area contributed by atoms with E-state index in [1.807, 2.05) is 31.2 Å². The molecule has 102 valence electrons. The first-order valence-electron chi connectivity index (χ1n) is 6.10. The smallest absolute Gasteiger partial charge is 0.318 e. The fraction of sp³-hybridized carbons (Fsp3) is 0.429. The van der Waals surface area contributed by atoms with Crippen LogP contribution < -0.4 is 10.1 Å². The van der Waals surface area contributed by atoms with Crippen LogP contribution in [0.1, 0.15) is 18.4 Å². The number of benzene rings is 1. The van der Waals surface area contributed by atoms with E-state index in [0.29, 0.717) is 0 Å². The minimum absolute atomic E-state index is 0.106. The van der Waals surface area contributed by atoms with Gasteiger partial charge in [-0.3, -0.25) is 9.59 Å². The summed E-state index contributed by atoms with van der Waals surface area (Å²) in [4.78, 5) is 23.6. The number of methoxy groups -OCH3 is 2. The van der Waals surface area contributed by atoms with Crippen molar-refractivity contribution in [2.45, 2.75) is 18.9 Å². The second-order valence-corrected chi connectivity index (χ2v) is 4.60. The van der Waals surface area contributed by atoms with Crippen LogP contribution in [0.25, 0.3) is 0 Å². The van der Waals surface area contributed by atoms with E-state index in [2.05, 4.69) is 5.32 Å². The van der Waals surface area contributed by atoms with Crippen LogP contribution in [0.5, 0.6) is 5.75 Å². The summed E-state index contributed by atoms with van der Waals surface area (Å²) in [6, 6.07) is 7.27. The van der Waals surface area contributed by atoms with Crippen molar-refractivity contribution < 1.29 is 19.1 Å². The van der Waals surface area contributed by atoms with Crippen LogP contribution in [0.3, 0.4) is 0 Å². The lowest BCUT2D eigenvalue weighted by atomic mass is 9.84. The summed E-state index contributed by atoms with van der Waals surface area (Å²) in [7, 11) is 2.89. The summed E-state index contributed by atoms with van der Waals surface area (Å²) in [6.07, 6.45) is 0. The van der Waals surface area contributed by atoms with Crippen LogP contribution in [-0.4, -0.2) is 32.1 Å². The highest BCUT2D eigenvalue weighted by atomic mass is 16.5. The monoisotopic (exact) mass is 263 g/mol. The minimum Gasteiger partial charge on any atom is -0.497 e. The van der Waals surface area contributed by atoms with Crippen LogP contribution in [-0.2, 0) is 14.3 Å². The highest BCUT2D eigenvalue weighted by Gasteiger charge is 2.46. The molecule has 1 aromatic carbocycles. The Morgan fingerprint density at radius 3 is 2.37 bits per heavy atom. The zero-order chi connectivity index (χ0) is 14.0. The van der Waals surface area contributed by atoms with Gasteiger partial charge in [0, 0.05) is 12.0 Å². The van der Waals surface area contributed by atoms with Crippen molar-refractivity contribution in [2.75, 3.05) is 14.2 Å². The summed E-state index contributed by atoms with van der Waals surface area (Å²) in [5.74, 6) is -1.04. The Morgan fingerprint density at radius 1 is 1.21 bits per heavy atom. The largest absolute Gasteiger partial charge is 0.497 e. The summed E-state index contributed by atoms with van der Waals surface area (Å²) >= 11 is 0. The first kappa shape index (κ1) is 13.4. The van der Waals surface area contributed by atoms with Gasteiger partial charge in [0.05, 0.1) is 14.2 Å². The van der Waals surface area contributed by atoms with Gasteiger partial charge in [-0.2, -0.15) is 0 Å². The average molecular weight is 263 g/mol. The van der Waals surface area contributed by atoms with Gasteiger partial charge in [0.2, 0.25) is 5.91 Å². The molecule has 0 radical (unpaired) electrons. The number of esters is 1. The van der Waals surface area contributed by atoms with Gasteiger partial charge >= 0.3 is 5.97 Å². The van der Waals surface area contributed by atoms with Crippen molar-refractivity contribution in [1.82, 2.24) is 5.32 Å². The molecule has 1 saturated heterocycles. The molecule has 0 unspecified atom stereocenters. The Kier molecular flexibility index (Phi) is 3.74. The maximum absolute atomic E-state index is 11.9. The second kappa shape index (κ2) is 5.30. The molecular weight excluding hydrogens is 246 g/mol. The molecule has 0 spiro atoms. The van der Waals surface area contributed by atoms with E-state index < -0.39 is 11.9 Å². The number of rotatable bonds is 3. The van der Waals surface area contributed by atoms with Crippen molar-refractivity contribution in [3.8, 4) is 5.75 Å². The predicted octanol–water partition coefficient (Wildman–Crippen LogP) is 1.09. The summed E-state index contributed by atoms with van der Waals surface area (Å²) in [5, 5.41) is 2.79. The van der Waals surface area contributed by atoms with Crippen molar-refractivity contribution >= 4 is 11.9 Å². The molecule has 1 aliphatic heterocycles. The Balaban J connectivity index is 2.33. The molecule has 1 aliphatic rings. The van der Waals surface area contributed by atoms with Crippen molar-refractivity contribution in [3.05, 3.63) is 29.8 Å². The quantitative estimate of drug-likeness (QED) is 0.655. The molecule has 1 N–H and O–H groups in total. The summed E-state index contributed by atoms with van der Waals surface area (Å²) < 4.78 is 9.83. The molecule has 1 amide bonds. The van der Waals surface area contributed by atoms with E-state index >= 15 is 0 Å². The van der Waals surface area contributed by atoms with Crippen LogP contribution >= 0.6 is 0 Å². The zero-order valence-corrected chi connectivity index (χ0v) is 11.2. The third-order valence-electron chi connectivity index (χ3n) is 3.51. The number of carbonyl (C=O) groups excluding carboxylic acids is 2. The van der Waals surface area contributed by atoms with Gasteiger partial charge < -0.3 is 14.8 Å². The molecule has 2 rings (SSSR count). The van der Waals surface area contributed by atoms with E-state index in [0.717, 1.165) is 11.3 Å². The summed E-state index contributed by atoms with van der Waals surface area (Å²) in [6.45, 7) is 1.88. The highest BCUT2D eigenvalue weighted by Crippen LogP contribution is 2.35. The second-order valence-electron chi connectivity index (χ2n) is 4.60. The predicted molar refractivity (Wildman–Crippen MR) is 68.8 cm³/mol. The number of carbonyl (C=O) groups is 2. The van der Waals surface area contributed by atoms with Crippen LogP contribution in [0, 0.1) is 5.92 Å². The Bertz CT molecular complexity index is 475. The van der Waals surface area contributed by atoms with E-state index in [1.54, 1.807) is 7.11 Å². The van der Waals surface area contributed by atoms with Gasteiger partial charge in [0.25, 0.3) is 0 Å². The molecule has 0 aliphatic carbocycles. The lowest BCUT2D eigenvalue weighted by Gasteiger charge is -2.19. The van der Waals surface area contributed by atoms with Crippen LogP contribution in [0.4, 0.5) is 0 Å². The minimum atomic E-state index is -0.784. The first-order chi connectivity index (χ1) is 9.08. The number of ether oxygens (including phenoxy) is 2. The molecule has 5 nitrogen and oxygen atoms in total. The van der Waals surface area contributed by atoms with Gasteiger partial charge in [0.15, 0.2) is 0 Å². The van der Waals surface area contributed by atoms with E-state index in [9.17, 15) is 9.59 Å². The third-order valence-corrected chi connectivity index (χ3v) is 3.51. The normalized spacial score (nSPS) is 25.8. The molecular formula is C14H17NO4. The van der Waals surface area contributed by atoms with Crippen molar-refractivity contribution in [3.63, 3.8) is 0 Å². The van der Waals surface area contributed by atoms with E-state index in [-0.39, 0.29) is 17.9 Å². The first-order valence-corrected chi connectivity index (χ1v) is 6.10.